The number of nitrogens with two attached hydrogens (primary N) is 1. The first kappa shape index (κ1) is 12.5. The summed E-state index contributed by atoms with van der Waals surface area (Å²) >= 11 is 0. The van der Waals surface area contributed by atoms with Gasteiger partial charge in [-0.1, -0.05) is 25.5 Å². The van der Waals surface area contributed by atoms with Crippen LogP contribution >= 0.6 is 0 Å². The first-order valence-corrected chi connectivity index (χ1v) is 4.55. The summed E-state index contributed by atoms with van der Waals surface area (Å²) in [5.41, 5.74) is 4.99. The Balaban J connectivity index is 3.40. The van der Waals surface area contributed by atoms with Gasteiger partial charge in [0.05, 0.1) is 0 Å². The van der Waals surface area contributed by atoms with Crippen LogP contribution in [0, 0.1) is 5.41 Å². The van der Waals surface area contributed by atoms with Crippen molar-refractivity contribution >= 4 is 11.9 Å². The lowest BCUT2D eigenvalue weighted by atomic mass is 10.3. The molecule has 0 aromatic rings. The van der Waals surface area contributed by atoms with Crippen molar-refractivity contribution < 1.29 is 9.53 Å². The molecule has 0 unspecified atom stereocenters. The van der Waals surface area contributed by atoms with Crippen LogP contribution in [0.15, 0.2) is 12.2 Å². The number of hydrogen-bond acceptors (Lipinski definition) is 3. The zero-order valence-corrected chi connectivity index (χ0v) is 8.38. The second-order valence-corrected chi connectivity index (χ2v) is 2.71. The molecule has 80 valence electrons. The standard InChI is InChI=1S/C9H17N3O2/c1-2-3-4-5-6-14-8(13)7-12-9(10)11/h4-5H,2-3,6-7H2,1H3,(H4,10,11,12)/b5-4+. The molecule has 4 N–H and O–H groups in total. The number of allylic oxidation sites excluding steroid dienone is 1. The number of ether oxygens (including phenoxy) is 1. The summed E-state index contributed by atoms with van der Waals surface area (Å²) in [6.45, 7) is 2.29. The highest BCUT2D eigenvalue weighted by Gasteiger charge is 1.99. The molecule has 0 aliphatic heterocycles. The Morgan fingerprint density at radius 1 is 1.57 bits per heavy atom. The fourth-order valence-corrected chi connectivity index (χ4v) is 0.712. The Labute approximate surface area is 83.8 Å². The summed E-state index contributed by atoms with van der Waals surface area (Å²) < 4.78 is 4.80. The SMILES string of the molecule is CCC/C=C/COC(=O)CNC(=N)N. The van der Waals surface area contributed by atoms with E-state index in [-0.39, 0.29) is 19.1 Å². The molecule has 0 fully saturated rings. The van der Waals surface area contributed by atoms with Gasteiger partial charge in [-0.3, -0.25) is 10.2 Å². The maximum atomic E-state index is 10.9. The van der Waals surface area contributed by atoms with Crippen LogP contribution in [0.1, 0.15) is 19.8 Å². The lowest BCUT2D eigenvalue weighted by Crippen LogP contribution is -2.35. The molecule has 0 amide bonds. The highest BCUT2D eigenvalue weighted by atomic mass is 16.5. The molecular weight excluding hydrogens is 182 g/mol. The van der Waals surface area contributed by atoms with E-state index in [4.69, 9.17) is 15.9 Å². The second kappa shape index (κ2) is 8.10. The summed E-state index contributed by atoms with van der Waals surface area (Å²) in [7, 11) is 0. The van der Waals surface area contributed by atoms with Crippen molar-refractivity contribution in [2.75, 3.05) is 13.2 Å². The van der Waals surface area contributed by atoms with Crippen molar-refractivity contribution in [1.82, 2.24) is 5.32 Å². The monoisotopic (exact) mass is 199 g/mol. The normalized spacial score (nSPS) is 10.1. The van der Waals surface area contributed by atoms with Crippen molar-refractivity contribution in [3.05, 3.63) is 12.2 Å². The lowest BCUT2D eigenvalue weighted by molar-refractivity contribution is -0.141. The number of hydrogen-bond donors (Lipinski definition) is 3. The van der Waals surface area contributed by atoms with Gasteiger partial charge in [-0.25, -0.2) is 0 Å². The summed E-state index contributed by atoms with van der Waals surface area (Å²) in [4.78, 5) is 10.9. The Morgan fingerprint density at radius 3 is 2.86 bits per heavy atom. The fourth-order valence-electron chi connectivity index (χ4n) is 0.712. The van der Waals surface area contributed by atoms with Crippen molar-refractivity contribution in [2.45, 2.75) is 19.8 Å². The van der Waals surface area contributed by atoms with Gasteiger partial charge in [0.2, 0.25) is 0 Å². The molecule has 0 bridgehead atoms. The first-order valence-electron chi connectivity index (χ1n) is 4.55. The third-order valence-electron chi connectivity index (χ3n) is 1.39. The van der Waals surface area contributed by atoms with Crippen LogP contribution in [-0.2, 0) is 9.53 Å². The molecule has 0 spiro atoms. The van der Waals surface area contributed by atoms with E-state index in [0.717, 1.165) is 12.8 Å². The fraction of sp³-hybridized carbons (Fsp3) is 0.556. The Kier molecular flexibility index (Phi) is 7.22. The third kappa shape index (κ3) is 8.58. The van der Waals surface area contributed by atoms with Crippen molar-refractivity contribution in [3.63, 3.8) is 0 Å². The van der Waals surface area contributed by atoms with E-state index in [1.165, 1.54) is 0 Å². The van der Waals surface area contributed by atoms with Gasteiger partial charge in [-0.15, -0.1) is 0 Å². The summed E-state index contributed by atoms with van der Waals surface area (Å²) in [5, 5.41) is 9.16. The molecule has 0 heterocycles. The minimum absolute atomic E-state index is 0.0586. The Hall–Kier alpha value is -1.52. The number of nitrogens with one attached hydrogen (secondary N) is 2. The predicted octanol–water partition coefficient (Wildman–Crippen LogP) is 0.369. The second-order valence-electron chi connectivity index (χ2n) is 2.71. The van der Waals surface area contributed by atoms with E-state index >= 15 is 0 Å². The highest BCUT2D eigenvalue weighted by molar-refractivity contribution is 5.80. The van der Waals surface area contributed by atoms with Gasteiger partial charge < -0.3 is 15.8 Å². The number of unbranched alkanes of at least 4 members (excludes halogenated alkanes) is 1. The zero-order valence-electron chi connectivity index (χ0n) is 8.38. The molecule has 0 radical (unpaired) electrons. The molecule has 0 aromatic carbocycles. The van der Waals surface area contributed by atoms with E-state index < -0.39 is 5.97 Å². The van der Waals surface area contributed by atoms with Gasteiger partial charge in [0.1, 0.15) is 13.2 Å². The molecule has 5 nitrogen and oxygen atoms in total. The number of rotatable bonds is 6. The van der Waals surface area contributed by atoms with Crippen LogP contribution in [0.4, 0.5) is 0 Å². The molecule has 0 atom stereocenters. The molecule has 5 heteroatoms. The van der Waals surface area contributed by atoms with Gasteiger partial charge in [-0.2, -0.15) is 0 Å². The van der Waals surface area contributed by atoms with Gasteiger partial charge in [0.15, 0.2) is 5.96 Å². The largest absolute Gasteiger partial charge is 0.460 e. The van der Waals surface area contributed by atoms with Crippen LogP contribution in [0.2, 0.25) is 0 Å². The Morgan fingerprint density at radius 2 is 2.29 bits per heavy atom. The molecule has 0 aromatic heterocycles. The van der Waals surface area contributed by atoms with Crippen LogP contribution in [0.3, 0.4) is 0 Å². The first-order chi connectivity index (χ1) is 6.66. The lowest BCUT2D eigenvalue weighted by Gasteiger charge is -2.02. The van der Waals surface area contributed by atoms with Crippen molar-refractivity contribution in [3.8, 4) is 0 Å². The third-order valence-corrected chi connectivity index (χ3v) is 1.39. The van der Waals surface area contributed by atoms with Gasteiger partial charge in [0, 0.05) is 0 Å². The van der Waals surface area contributed by atoms with E-state index in [9.17, 15) is 4.79 Å². The van der Waals surface area contributed by atoms with Gasteiger partial charge in [-0.05, 0) is 6.42 Å². The Bertz CT molecular complexity index is 214. The zero-order chi connectivity index (χ0) is 10.8. The minimum Gasteiger partial charge on any atom is -0.460 e. The van der Waals surface area contributed by atoms with Crippen LogP contribution in [0.5, 0.6) is 0 Å². The number of carbonyl (C=O) groups excluding carboxylic acids is 1. The molecule has 0 saturated heterocycles. The van der Waals surface area contributed by atoms with E-state index in [2.05, 4.69) is 12.2 Å². The van der Waals surface area contributed by atoms with Crippen LogP contribution < -0.4 is 11.1 Å². The van der Waals surface area contributed by atoms with Crippen molar-refractivity contribution in [2.24, 2.45) is 5.73 Å². The maximum absolute atomic E-state index is 10.9. The topological polar surface area (TPSA) is 88.2 Å². The van der Waals surface area contributed by atoms with Crippen LogP contribution in [-0.4, -0.2) is 25.1 Å². The van der Waals surface area contributed by atoms with Gasteiger partial charge in [0.25, 0.3) is 0 Å². The van der Waals surface area contributed by atoms with Gasteiger partial charge >= 0.3 is 5.97 Å². The number of guanidine groups is 1. The predicted molar refractivity (Wildman–Crippen MR) is 54.9 cm³/mol. The molecule has 0 saturated carbocycles. The average Bonchev–Trinajstić information content (AvgIpc) is 2.14. The summed E-state index contributed by atoms with van der Waals surface area (Å²) in [6.07, 6.45) is 5.83. The molecule has 0 aliphatic carbocycles. The highest BCUT2D eigenvalue weighted by Crippen LogP contribution is 1.88. The average molecular weight is 199 g/mol. The molecular formula is C9H17N3O2. The smallest absolute Gasteiger partial charge is 0.325 e. The molecule has 0 rings (SSSR count). The molecule has 14 heavy (non-hydrogen) atoms. The quantitative estimate of drug-likeness (QED) is 0.249. The summed E-state index contributed by atoms with van der Waals surface area (Å²) in [6, 6.07) is 0. The number of carbonyl (C=O) groups is 1. The van der Waals surface area contributed by atoms with E-state index in [1.54, 1.807) is 6.08 Å². The number of esters is 1. The van der Waals surface area contributed by atoms with E-state index in [1.807, 2.05) is 6.08 Å². The van der Waals surface area contributed by atoms with E-state index in [0.29, 0.717) is 0 Å². The maximum Gasteiger partial charge on any atom is 0.325 e. The summed E-state index contributed by atoms with van der Waals surface area (Å²) in [5.74, 6) is -0.648. The molecule has 0 aliphatic rings. The van der Waals surface area contributed by atoms with Crippen LogP contribution in [0.25, 0.3) is 0 Å². The van der Waals surface area contributed by atoms with Crippen molar-refractivity contribution in [1.29, 1.82) is 5.41 Å². The minimum atomic E-state index is -0.415.